The lowest BCUT2D eigenvalue weighted by atomic mass is 9.73. The zero-order valence-corrected chi connectivity index (χ0v) is 20.3. The van der Waals surface area contributed by atoms with Gasteiger partial charge in [-0.2, -0.15) is 0 Å². The van der Waals surface area contributed by atoms with E-state index < -0.39 is 28.9 Å². The summed E-state index contributed by atoms with van der Waals surface area (Å²) in [7, 11) is 0. The lowest BCUT2D eigenvalue weighted by Crippen LogP contribution is -2.48. The molecule has 5 rings (SSSR count). The van der Waals surface area contributed by atoms with Crippen LogP contribution in [0, 0.1) is 0 Å². The van der Waals surface area contributed by atoms with Crippen LogP contribution in [0.2, 0.25) is 0 Å². The van der Waals surface area contributed by atoms with Crippen LogP contribution in [0.5, 0.6) is 0 Å². The van der Waals surface area contributed by atoms with Crippen LogP contribution in [0.1, 0.15) is 42.8 Å². The van der Waals surface area contributed by atoms with Crippen molar-refractivity contribution in [3.8, 4) is 0 Å². The predicted molar refractivity (Wildman–Crippen MR) is 129 cm³/mol. The van der Waals surface area contributed by atoms with Crippen molar-refractivity contribution in [2.45, 2.75) is 44.2 Å². The van der Waals surface area contributed by atoms with Gasteiger partial charge in [0.25, 0.3) is 0 Å². The fraction of sp³-hybridized carbons (Fsp3) is 0.400. The Bertz CT molecular complexity index is 1200. The van der Waals surface area contributed by atoms with E-state index in [0.29, 0.717) is 31.8 Å². The van der Waals surface area contributed by atoms with Crippen molar-refractivity contribution in [3.05, 3.63) is 63.5 Å². The predicted octanol–water partition coefficient (Wildman–Crippen LogP) is 2.84. The summed E-state index contributed by atoms with van der Waals surface area (Å²) in [6.45, 7) is 7.15. The summed E-state index contributed by atoms with van der Waals surface area (Å²) in [5, 5.41) is 4.73. The van der Waals surface area contributed by atoms with Gasteiger partial charge in [0.05, 0.1) is 6.04 Å². The molecule has 2 atom stereocenters. The molecule has 1 fully saturated rings. The molecule has 3 amide bonds. The van der Waals surface area contributed by atoms with E-state index in [-0.39, 0.29) is 6.03 Å². The molecule has 0 spiro atoms. The maximum atomic E-state index is 13.3. The molecule has 0 aliphatic carbocycles. The standard InChI is InChI=1S/C25H28N4O4S/c1-24(2,3)33-21(30)18-14-25(22(26)31,19-5-4-12-34-19)20-17-13-16(28-11-9-27-23(28)32)7-6-15(17)8-10-29(18)20/h4-7,12-14,20H,8-11H2,1-3H3,(H2,26,31)(H,27,32). The van der Waals surface area contributed by atoms with E-state index in [4.69, 9.17) is 10.5 Å². The minimum Gasteiger partial charge on any atom is -0.455 e. The summed E-state index contributed by atoms with van der Waals surface area (Å²) >= 11 is 1.44. The summed E-state index contributed by atoms with van der Waals surface area (Å²) in [5.74, 6) is -1.00. The molecule has 1 aromatic carbocycles. The summed E-state index contributed by atoms with van der Waals surface area (Å²) < 4.78 is 5.71. The molecule has 4 heterocycles. The first-order valence-electron chi connectivity index (χ1n) is 11.4. The highest BCUT2D eigenvalue weighted by molar-refractivity contribution is 7.10. The molecule has 3 aliphatic rings. The monoisotopic (exact) mass is 480 g/mol. The molecule has 1 aromatic heterocycles. The number of rotatable bonds is 4. The van der Waals surface area contributed by atoms with Gasteiger partial charge in [0.1, 0.15) is 16.7 Å². The molecule has 178 valence electrons. The fourth-order valence-electron chi connectivity index (χ4n) is 5.17. The number of ether oxygens (including phenoxy) is 1. The Morgan fingerprint density at radius 2 is 2.03 bits per heavy atom. The Morgan fingerprint density at radius 1 is 1.24 bits per heavy atom. The number of hydrogen-bond donors (Lipinski definition) is 2. The number of anilines is 1. The fourth-order valence-corrected chi connectivity index (χ4v) is 6.10. The first kappa shape index (κ1) is 22.5. The van der Waals surface area contributed by atoms with Gasteiger partial charge in [-0.25, -0.2) is 9.59 Å². The summed E-state index contributed by atoms with van der Waals surface area (Å²) in [5.41, 5.74) is 7.29. The van der Waals surface area contributed by atoms with Crippen molar-refractivity contribution >= 4 is 34.9 Å². The molecule has 3 aliphatic heterocycles. The minimum absolute atomic E-state index is 0.147. The molecule has 3 N–H and O–H groups in total. The highest BCUT2D eigenvalue weighted by Gasteiger charge is 2.57. The van der Waals surface area contributed by atoms with E-state index in [9.17, 15) is 14.4 Å². The highest BCUT2D eigenvalue weighted by atomic mass is 32.1. The van der Waals surface area contributed by atoms with E-state index in [1.54, 1.807) is 11.0 Å². The summed E-state index contributed by atoms with van der Waals surface area (Å²) in [6, 6.07) is 9.02. The number of hydrogen-bond acceptors (Lipinski definition) is 6. The van der Waals surface area contributed by atoms with Crippen molar-refractivity contribution in [2.24, 2.45) is 5.73 Å². The van der Waals surface area contributed by atoms with Crippen LogP contribution >= 0.6 is 11.3 Å². The van der Waals surface area contributed by atoms with Gasteiger partial charge in [-0.05, 0) is 68.0 Å². The van der Waals surface area contributed by atoms with Gasteiger partial charge in [-0.3, -0.25) is 9.69 Å². The second-order valence-electron chi connectivity index (χ2n) is 9.85. The van der Waals surface area contributed by atoms with Crippen LogP contribution in [-0.4, -0.2) is 48.0 Å². The van der Waals surface area contributed by atoms with Crippen molar-refractivity contribution in [1.82, 2.24) is 10.2 Å². The Hall–Kier alpha value is -3.33. The van der Waals surface area contributed by atoms with Crippen LogP contribution < -0.4 is 16.0 Å². The Balaban J connectivity index is 1.68. The zero-order chi connectivity index (χ0) is 24.3. The van der Waals surface area contributed by atoms with Gasteiger partial charge in [0.15, 0.2) is 0 Å². The second-order valence-corrected chi connectivity index (χ2v) is 10.8. The lowest BCUT2D eigenvalue weighted by Gasteiger charge is -2.42. The normalized spacial score (nSPS) is 23.8. The molecule has 0 bridgehead atoms. The lowest BCUT2D eigenvalue weighted by molar-refractivity contribution is -0.152. The molecule has 1 saturated heterocycles. The number of urea groups is 1. The maximum Gasteiger partial charge on any atom is 0.354 e. The average molecular weight is 481 g/mol. The number of nitrogens with two attached hydrogens (primary N) is 1. The SMILES string of the molecule is CC(C)(C)OC(=O)C1=CC(C(N)=O)(c2cccs2)C2c3cc(N4CCNC4=O)ccc3CCN12. The Morgan fingerprint density at radius 3 is 2.65 bits per heavy atom. The minimum atomic E-state index is -1.23. The van der Waals surface area contributed by atoms with Crippen LogP contribution in [0.15, 0.2) is 47.5 Å². The van der Waals surface area contributed by atoms with Gasteiger partial charge >= 0.3 is 12.0 Å². The molecule has 0 radical (unpaired) electrons. The number of amides is 3. The maximum absolute atomic E-state index is 13.3. The largest absolute Gasteiger partial charge is 0.455 e. The van der Waals surface area contributed by atoms with E-state index in [2.05, 4.69) is 5.32 Å². The second kappa shape index (κ2) is 7.87. The molecular formula is C25H28N4O4S. The van der Waals surface area contributed by atoms with E-state index in [1.165, 1.54) is 11.3 Å². The van der Waals surface area contributed by atoms with Crippen LogP contribution in [-0.2, 0) is 26.2 Å². The number of primary amides is 1. The number of fused-ring (bicyclic) bond motifs is 3. The van der Waals surface area contributed by atoms with Crippen LogP contribution in [0.4, 0.5) is 10.5 Å². The Kier molecular flexibility index (Phi) is 5.20. The molecule has 8 nitrogen and oxygen atoms in total. The van der Waals surface area contributed by atoms with Crippen LogP contribution in [0.3, 0.4) is 0 Å². The summed E-state index contributed by atoms with van der Waals surface area (Å²) in [6.07, 6.45) is 2.39. The number of carbonyl (C=O) groups excluding carboxylic acids is 3. The summed E-state index contributed by atoms with van der Waals surface area (Å²) in [4.78, 5) is 43.3. The van der Waals surface area contributed by atoms with E-state index in [0.717, 1.165) is 21.7 Å². The topological polar surface area (TPSA) is 105 Å². The van der Waals surface area contributed by atoms with E-state index >= 15 is 0 Å². The molecule has 2 aromatic rings. The number of thiophene rings is 1. The first-order chi connectivity index (χ1) is 16.1. The van der Waals surface area contributed by atoms with Gasteiger partial charge < -0.3 is 20.7 Å². The highest BCUT2D eigenvalue weighted by Crippen LogP contribution is 2.54. The quantitative estimate of drug-likeness (QED) is 0.655. The molecule has 34 heavy (non-hydrogen) atoms. The van der Waals surface area contributed by atoms with Crippen molar-refractivity contribution in [3.63, 3.8) is 0 Å². The van der Waals surface area contributed by atoms with Gasteiger partial charge in [-0.15, -0.1) is 11.3 Å². The number of nitrogens with one attached hydrogen (secondary N) is 1. The molecule has 9 heteroatoms. The third kappa shape index (κ3) is 3.46. The first-order valence-corrected chi connectivity index (χ1v) is 12.2. The molecule has 0 saturated carbocycles. The number of esters is 1. The van der Waals surface area contributed by atoms with Crippen molar-refractivity contribution in [2.75, 3.05) is 24.5 Å². The van der Waals surface area contributed by atoms with Crippen molar-refractivity contribution < 1.29 is 19.1 Å². The van der Waals surface area contributed by atoms with Gasteiger partial charge in [0.2, 0.25) is 5.91 Å². The zero-order valence-electron chi connectivity index (χ0n) is 19.5. The van der Waals surface area contributed by atoms with Crippen molar-refractivity contribution in [1.29, 1.82) is 0 Å². The number of benzene rings is 1. The number of carbonyl (C=O) groups is 3. The van der Waals surface area contributed by atoms with Gasteiger partial charge in [0, 0.05) is 30.2 Å². The average Bonchev–Trinajstić information content (AvgIpc) is 3.50. The smallest absolute Gasteiger partial charge is 0.354 e. The molecular weight excluding hydrogens is 452 g/mol. The van der Waals surface area contributed by atoms with Crippen LogP contribution in [0.25, 0.3) is 0 Å². The van der Waals surface area contributed by atoms with E-state index in [1.807, 2.05) is 61.4 Å². The third-order valence-electron chi connectivity index (χ3n) is 6.58. The number of nitrogens with zero attached hydrogens (tertiary/aromatic N) is 2. The van der Waals surface area contributed by atoms with Gasteiger partial charge in [-0.1, -0.05) is 12.1 Å². The molecule has 2 unspecified atom stereocenters. The third-order valence-corrected chi connectivity index (χ3v) is 7.60. The Labute approximate surface area is 202 Å².